The minimum absolute atomic E-state index is 0.0389. The van der Waals surface area contributed by atoms with Crippen LogP contribution in [0.1, 0.15) is 5.76 Å². The molecule has 0 saturated carbocycles. The molecule has 1 aromatic carbocycles. The Bertz CT molecular complexity index is 750. The summed E-state index contributed by atoms with van der Waals surface area (Å²) in [6, 6.07) is 9.43. The van der Waals surface area contributed by atoms with Crippen LogP contribution in [-0.4, -0.2) is 55.9 Å². The average molecular weight is 322 g/mol. The number of carbonyl (C=O) groups excluding carboxylic acids is 1. The van der Waals surface area contributed by atoms with Crippen LogP contribution in [-0.2, 0) is 16.4 Å². The lowest BCUT2D eigenvalue weighted by atomic mass is 10.2. The van der Waals surface area contributed by atoms with Gasteiger partial charge < -0.3 is 14.2 Å². The van der Waals surface area contributed by atoms with Gasteiger partial charge in [-0.3, -0.25) is 0 Å². The summed E-state index contributed by atoms with van der Waals surface area (Å²) in [5.41, 5.74) is 0.794. The molecule has 0 atom stereocenters. The third-order valence-electron chi connectivity index (χ3n) is 3.81. The Labute approximate surface area is 129 Å². The lowest BCUT2D eigenvalue weighted by molar-refractivity contribution is 0.162. The van der Waals surface area contributed by atoms with Gasteiger partial charge in [-0.05, 0) is 12.1 Å². The van der Waals surface area contributed by atoms with Crippen molar-refractivity contribution in [3.8, 4) is 0 Å². The van der Waals surface area contributed by atoms with E-state index in [1.54, 1.807) is 16.8 Å². The van der Waals surface area contributed by atoms with Crippen molar-refractivity contribution in [3.05, 3.63) is 36.1 Å². The van der Waals surface area contributed by atoms with Crippen LogP contribution in [0.25, 0.3) is 11.0 Å². The van der Waals surface area contributed by atoms with Crippen LogP contribution in [0.4, 0.5) is 4.79 Å². The number of sulfone groups is 1. The van der Waals surface area contributed by atoms with Crippen LogP contribution in [0.15, 0.2) is 34.7 Å². The van der Waals surface area contributed by atoms with Gasteiger partial charge in [0.2, 0.25) is 0 Å². The summed E-state index contributed by atoms with van der Waals surface area (Å²) < 4.78 is 28.5. The van der Waals surface area contributed by atoms with Crippen molar-refractivity contribution < 1.29 is 17.6 Å². The average Bonchev–Trinajstić information content (AvgIpc) is 2.88. The monoisotopic (exact) mass is 322 g/mol. The molecule has 118 valence electrons. The fraction of sp³-hybridized carbons (Fsp3) is 0.400. The van der Waals surface area contributed by atoms with E-state index in [1.807, 2.05) is 30.3 Å². The van der Waals surface area contributed by atoms with Crippen molar-refractivity contribution in [1.29, 1.82) is 0 Å². The molecule has 0 bridgehead atoms. The SMILES string of the molecule is CN(Cc1cc2ccccc2o1)C(=O)N1CCS(=O)(=O)CC1. The lowest BCUT2D eigenvalue weighted by Gasteiger charge is -2.30. The van der Waals surface area contributed by atoms with Gasteiger partial charge in [0.25, 0.3) is 0 Å². The van der Waals surface area contributed by atoms with E-state index in [4.69, 9.17) is 4.42 Å². The molecule has 7 heteroatoms. The maximum absolute atomic E-state index is 12.3. The number of benzene rings is 1. The van der Waals surface area contributed by atoms with Gasteiger partial charge in [-0.15, -0.1) is 0 Å². The third-order valence-corrected chi connectivity index (χ3v) is 5.42. The molecule has 1 aliphatic rings. The molecular formula is C15H18N2O4S. The summed E-state index contributed by atoms with van der Waals surface area (Å²) in [5, 5.41) is 1.00. The highest BCUT2D eigenvalue weighted by Gasteiger charge is 2.27. The first-order valence-corrected chi connectivity index (χ1v) is 8.95. The summed E-state index contributed by atoms with van der Waals surface area (Å²) in [6.07, 6.45) is 0. The molecule has 6 nitrogen and oxygen atoms in total. The number of para-hydroxylation sites is 1. The van der Waals surface area contributed by atoms with Gasteiger partial charge in [0, 0.05) is 25.5 Å². The summed E-state index contributed by atoms with van der Waals surface area (Å²) in [4.78, 5) is 15.5. The van der Waals surface area contributed by atoms with Crippen molar-refractivity contribution in [2.24, 2.45) is 0 Å². The molecule has 2 aromatic rings. The molecule has 1 aliphatic heterocycles. The summed E-state index contributed by atoms with van der Waals surface area (Å²) in [6.45, 7) is 0.869. The van der Waals surface area contributed by atoms with Crippen molar-refractivity contribution in [1.82, 2.24) is 9.80 Å². The van der Waals surface area contributed by atoms with E-state index in [-0.39, 0.29) is 30.6 Å². The number of furan rings is 1. The Hall–Kier alpha value is -2.02. The van der Waals surface area contributed by atoms with E-state index in [0.29, 0.717) is 12.3 Å². The van der Waals surface area contributed by atoms with Crippen LogP contribution >= 0.6 is 0 Å². The number of urea groups is 1. The second-order valence-electron chi connectivity index (χ2n) is 5.53. The first-order chi connectivity index (χ1) is 10.4. The highest BCUT2D eigenvalue weighted by molar-refractivity contribution is 7.91. The first kappa shape index (κ1) is 14.9. The van der Waals surface area contributed by atoms with Gasteiger partial charge in [0.15, 0.2) is 9.84 Å². The number of hydrogen-bond acceptors (Lipinski definition) is 4. The standard InChI is InChI=1S/C15H18N2O4S/c1-16(15(18)17-6-8-22(19,20)9-7-17)11-13-10-12-4-2-3-5-14(12)21-13/h2-5,10H,6-9,11H2,1H3. The van der Waals surface area contributed by atoms with E-state index < -0.39 is 9.84 Å². The molecule has 22 heavy (non-hydrogen) atoms. The minimum atomic E-state index is -2.98. The molecule has 3 rings (SSSR count). The maximum Gasteiger partial charge on any atom is 0.320 e. The van der Waals surface area contributed by atoms with Crippen molar-refractivity contribution >= 4 is 26.8 Å². The molecule has 1 aromatic heterocycles. The lowest BCUT2D eigenvalue weighted by Crippen LogP contribution is -2.48. The van der Waals surface area contributed by atoms with Crippen LogP contribution in [0, 0.1) is 0 Å². The van der Waals surface area contributed by atoms with Crippen LogP contribution < -0.4 is 0 Å². The molecule has 0 radical (unpaired) electrons. The Morgan fingerprint density at radius 2 is 1.95 bits per heavy atom. The fourth-order valence-electron chi connectivity index (χ4n) is 2.56. The maximum atomic E-state index is 12.3. The predicted molar refractivity (Wildman–Crippen MR) is 83.3 cm³/mol. The smallest absolute Gasteiger partial charge is 0.320 e. The predicted octanol–water partition coefficient (Wildman–Crippen LogP) is 1.72. The second-order valence-corrected chi connectivity index (χ2v) is 7.83. The molecular weight excluding hydrogens is 304 g/mol. The van der Waals surface area contributed by atoms with Gasteiger partial charge >= 0.3 is 6.03 Å². The van der Waals surface area contributed by atoms with E-state index in [0.717, 1.165) is 11.0 Å². The Morgan fingerprint density at radius 3 is 2.64 bits per heavy atom. The zero-order chi connectivity index (χ0) is 15.7. The van der Waals surface area contributed by atoms with Gasteiger partial charge in [-0.1, -0.05) is 18.2 Å². The van der Waals surface area contributed by atoms with E-state index in [2.05, 4.69) is 0 Å². The Morgan fingerprint density at radius 1 is 1.27 bits per heavy atom. The van der Waals surface area contributed by atoms with Crippen LogP contribution in [0.5, 0.6) is 0 Å². The van der Waals surface area contributed by atoms with E-state index >= 15 is 0 Å². The van der Waals surface area contributed by atoms with E-state index in [1.165, 1.54) is 0 Å². The number of carbonyl (C=O) groups is 1. The second kappa shape index (κ2) is 5.64. The highest BCUT2D eigenvalue weighted by Crippen LogP contribution is 2.20. The van der Waals surface area contributed by atoms with Gasteiger partial charge in [0.05, 0.1) is 18.1 Å². The van der Waals surface area contributed by atoms with E-state index in [9.17, 15) is 13.2 Å². The summed E-state index contributed by atoms with van der Waals surface area (Å²) in [7, 11) is -1.29. The largest absolute Gasteiger partial charge is 0.459 e. The summed E-state index contributed by atoms with van der Waals surface area (Å²) in [5.74, 6) is 0.788. The zero-order valence-corrected chi connectivity index (χ0v) is 13.2. The van der Waals surface area contributed by atoms with Crippen molar-refractivity contribution in [2.45, 2.75) is 6.54 Å². The third kappa shape index (κ3) is 3.09. The zero-order valence-electron chi connectivity index (χ0n) is 12.4. The number of amides is 2. The molecule has 0 spiro atoms. The topological polar surface area (TPSA) is 70.8 Å². The fourth-order valence-corrected chi connectivity index (χ4v) is 3.76. The molecule has 2 heterocycles. The number of fused-ring (bicyclic) bond motifs is 1. The molecule has 1 saturated heterocycles. The minimum Gasteiger partial charge on any atom is -0.459 e. The summed E-state index contributed by atoms with van der Waals surface area (Å²) >= 11 is 0. The van der Waals surface area contributed by atoms with Gasteiger partial charge in [-0.2, -0.15) is 0 Å². The first-order valence-electron chi connectivity index (χ1n) is 7.12. The number of nitrogens with zero attached hydrogens (tertiary/aromatic N) is 2. The molecule has 1 fully saturated rings. The molecule has 2 amide bonds. The van der Waals surface area contributed by atoms with Crippen LogP contribution in [0.3, 0.4) is 0 Å². The quantitative estimate of drug-likeness (QED) is 0.844. The van der Waals surface area contributed by atoms with Crippen molar-refractivity contribution in [2.75, 3.05) is 31.6 Å². The Balaban J connectivity index is 1.66. The molecule has 0 unspecified atom stereocenters. The van der Waals surface area contributed by atoms with Gasteiger partial charge in [-0.25, -0.2) is 13.2 Å². The van der Waals surface area contributed by atoms with Crippen LogP contribution in [0.2, 0.25) is 0 Å². The molecule has 0 aliphatic carbocycles. The highest BCUT2D eigenvalue weighted by atomic mass is 32.2. The normalized spacial score (nSPS) is 17.6. The molecule has 0 N–H and O–H groups in total. The van der Waals surface area contributed by atoms with Gasteiger partial charge in [0.1, 0.15) is 11.3 Å². The number of hydrogen-bond donors (Lipinski definition) is 0. The van der Waals surface area contributed by atoms with Crippen molar-refractivity contribution in [3.63, 3.8) is 0 Å². The Kier molecular flexibility index (Phi) is 3.82. The number of rotatable bonds is 2.